The van der Waals surface area contributed by atoms with E-state index < -0.39 is 59.7 Å². The Hall–Kier alpha value is -2.40. The second-order valence-electron chi connectivity index (χ2n) is 9.16. The molecule has 6 nitrogen and oxygen atoms in total. The van der Waals surface area contributed by atoms with Crippen LogP contribution in [0.15, 0.2) is 35.0 Å². The van der Waals surface area contributed by atoms with Crippen LogP contribution in [0.25, 0.3) is 0 Å². The van der Waals surface area contributed by atoms with Crippen molar-refractivity contribution >= 4 is 24.3 Å². The quantitative estimate of drug-likeness (QED) is 0.233. The van der Waals surface area contributed by atoms with Crippen molar-refractivity contribution in [2.75, 3.05) is 0 Å². The van der Waals surface area contributed by atoms with Gasteiger partial charge < -0.3 is 20.1 Å². The average molecular weight is 456 g/mol. The van der Waals surface area contributed by atoms with Crippen LogP contribution < -0.4 is 11.2 Å². The maximum Gasteiger partial charge on any atom is 0.494 e. The van der Waals surface area contributed by atoms with Crippen molar-refractivity contribution in [2.24, 2.45) is 16.1 Å². The van der Waals surface area contributed by atoms with Gasteiger partial charge in [-0.05, 0) is 57.6 Å². The first-order valence-electron chi connectivity index (χ1n) is 10.1. The van der Waals surface area contributed by atoms with Crippen LogP contribution in [0.5, 0.6) is 0 Å². The minimum Gasteiger partial charge on any atom is -0.511 e. The lowest BCUT2D eigenvalue weighted by Crippen LogP contribution is -2.41. The first-order valence-corrected chi connectivity index (χ1v) is 10.1. The summed E-state index contributed by atoms with van der Waals surface area (Å²) in [4.78, 5) is 15.6. The van der Waals surface area contributed by atoms with E-state index in [0.717, 1.165) is 0 Å². The van der Waals surface area contributed by atoms with E-state index in [1.807, 2.05) is 27.7 Å². The first-order chi connectivity index (χ1) is 14.6. The standard InChI is InChI=1S/C21H25BF4N2O4/c1-18(2)19(3,4)32-22(31-18)13-6-5-12(14(23)10-13)9-17(30)28-16(27)11-15(29)20(7-8-20)21(24,25)26/h5-6,10-11,29H,7-9H2,1-4H3,(H2,27,28,30)/b15-11-. The van der Waals surface area contributed by atoms with Gasteiger partial charge in [0.15, 0.2) is 0 Å². The first kappa shape index (κ1) is 24.3. The molecule has 1 aliphatic carbocycles. The third-order valence-electron chi connectivity index (χ3n) is 6.27. The molecule has 0 radical (unpaired) electrons. The fourth-order valence-electron chi connectivity index (χ4n) is 3.30. The summed E-state index contributed by atoms with van der Waals surface area (Å²) >= 11 is 0. The van der Waals surface area contributed by atoms with E-state index in [2.05, 4.69) is 4.99 Å². The lowest BCUT2D eigenvalue weighted by molar-refractivity contribution is -0.182. The number of rotatable bonds is 5. The molecule has 0 unspecified atom stereocenters. The number of halogens is 4. The summed E-state index contributed by atoms with van der Waals surface area (Å²) in [6, 6.07) is 4.14. The van der Waals surface area contributed by atoms with Crippen LogP contribution in [0.2, 0.25) is 0 Å². The number of hydrogen-bond acceptors (Lipinski definition) is 4. The second-order valence-corrected chi connectivity index (χ2v) is 9.16. The van der Waals surface area contributed by atoms with Crippen LogP contribution in [0.4, 0.5) is 17.6 Å². The maximum absolute atomic E-state index is 14.6. The summed E-state index contributed by atoms with van der Waals surface area (Å²) in [6.45, 7) is 7.46. The van der Waals surface area contributed by atoms with Crippen molar-refractivity contribution in [1.82, 2.24) is 0 Å². The van der Waals surface area contributed by atoms with Gasteiger partial charge in [0, 0.05) is 6.08 Å². The number of allylic oxidation sites excluding steroid dienone is 1. The van der Waals surface area contributed by atoms with Crippen LogP contribution in [-0.2, 0) is 20.5 Å². The zero-order chi connectivity index (χ0) is 24.1. The molecule has 1 amide bonds. The van der Waals surface area contributed by atoms with Crippen molar-refractivity contribution in [2.45, 2.75) is 64.3 Å². The lowest BCUT2D eigenvalue weighted by atomic mass is 9.78. The average Bonchev–Trinajstić information content (AvgIpc) is 3.40. The zero-order valence-corrected chi connectivity index (χ0v) is 18.2. The molecule has 1 heterocycles. The second kappa shape index (κ2) is 7.88. The highest BCUT2D eigenvalue weighted by Gasteiger charge is 2.66. The SMILES string of the molecule is CC1(C)OB(c2ccc(CC(=O)N=C(N)/C=C(\O)C3(C(F)(F)F)CC3)c(F)c2)OC1(C)C. The van der Waals surface area contributed by atoms with Gasteiger partial charge in [0.1, 0.15) is 22.8 Å². The number of nitrogens with zero attached hydrogens (tertiary/aromatic N) is 1. The van der Waals surface area contributed by atoms with Crippen LogP contribution in [0.3, 0.4) is 0 Å². The number of benzene rings is 1. The van der Waals surface area contributed by atoms with Gasteiger partial charge in [0.25, 0.3) is 5.91 Å². The molecule has 11 heteroatoms. The van der Waals surface area contributed by atoms with E-state index in [1.54, 1.807) is 6.07 Å². The summed E-state index contributed by atoms with van der Waals surface area (Å²) < 4.78 is 65.3. The third kappa shape index (κ3) is 4.54. The summed E-state index contributed by atoms with van der Waals surface area (Å²) in [5.41, 5.74) is 2.43. The largest absolute Gasteiger partial charge is 0.511 e. The van der Waals surface area contributed by atoms with Crippen molar-refractivity contribution in [3.8, 4) is 0 Å². The zero-order valence-electron chi connectivity index (χ0n) is 18.2. The Bertz CT molecular complexity index is 969. The van der Waals surface area contributed by atoms with E-state index in [1.165, 1.54) is 12.1 Å². The number of carbonyl (C=O) groups excluding carboxylic acids is 1. The Morgan fingerprint density at radius 1 is 1.22 bits per heavy atom. The third-order valence-corrected chi connectivity index (χ3v) is 6.27. The predicted octanol–water partition coefficient (Wildman–Crippen LogP) is 3.34. The number of amides is 1. The highest BCUT2D eigenvalue weighted by atomic mass is 19.4. The Morgan fingerprint density at radius 3 is 2.25 bits per heavy atom. The van der Waals surface area contributed by atoms with Crippen molar-refractivity contribution in [3.63, 3.8) is 0 Å². The minimum atomic E-state index is -4.63. The molecule has 3 rings (SSSR count). The number of aliphatic imine (C=N–C) groups is 1. The molecule has 1 saturated carbocycles. The van der Waals surface area contributed by atoms with Gasteiger partial charge in [-0.25, -0.2) is 4.39 Å². The molecule has 1 aliphatic heterocycles. The monoisotopic (exact) mass is 456 g/mol. The Labute approximate surface area is 183 Å². The fourth-order valence-corrected chi connectivity index (χ4v) is 3.30. The number of hydrogen-bond donors (Lipinski definition) is 2. The van der Waals surface area contributed by atoms with Crippen LogP contribution in [0, 0.1) is 11.2 Å². The molecule has 0 atom stereocenters. The van der Waals surface area contributed by atoms with Gasteiger partial charge in [-0.3, -0.25) is 4.79 Å². The highest BCUT2D eigenvalue weighted by molar-refractivity contribution is 6.62. The molecule has 3 N–H and O–H groups in total. The number of amidine groups is 1. The smallest absolute Gasteiger partial charge is 0.494 e. The van der Waals surface area contributed by atoms with Gasteiger partial charge in [0.2, 0.25) is 0 Å². The Balaban J connectivity index is 1.69. The molecule has 0 aromatic heterocycles. The van der Waals surface area contributed by atoms with E-state index in [4.69, 9.17) is 15.0 Å². The van der Waals surface area contributed by atoms with Gasteiger partial charge in [-0.2, -0.15) is 18.2 Å². The van der Waals surface area contributed by atoms with Gasteiger partial charge in [-0.15, -0.1) is 0 Å². The summed E-state index contributed by atoms with van der Waals surface area (Å²) in [5, 5.41) is 9.79. The molecule has 0 spiro atoms. The lowest BCUT2D eigenvalue weighted by Gasteiger charge is -2.32. The molecular formula is C21H25BF4N2O4. The maximum atomic E-state index is 14.6. The van der Waals surface area contributed by atoms with E-state index in [-0.39, 0.29) is 18.4 Å². The molecule has 2 aliphatic rings. The molecule has 0 bridgehead atoms. The van der Waals surface area contributed by atoms with E-state index in [9.17, 15) is 27.5 Å². The van der Waals surface area contributed by atoms with Gasteiger partial charge in [-0.1, -0.05) is 12.1 Å². The van der Waals surface area contributed by atoms with Crippen LogP contribution in [0.1, 0.15) is 46.1 Å². The molecule has 2 fully saturated rings. The number of aliphatic hydroxyl groups excluding tert-OH is 1. The van der Waals surface area contributed by atoms with Crippen LogP contribution >= 0.6 is 0 Å². The normalized spacial score (nSPS) is 22.2. The molecule has 1 aromatic rings. The summed E-state index contributed by atoms with van der Waals surface area (Å²) in [7, 11) is -0.774. The molecule has 1 saturated heterocycles. The molecule has 174 valence electrons. The van der Waals surface area contributed by atoms with E-state index in [0.29, 0.717) is 11.5 Å². The topological polar surface area (TPSA) is 94.1 Å². The highest BCUT2D eigenvalue weighted by Crippen LogP contribution is 2.61. The molecular weight excluding hydrogens is 431 g/mol. The van der Waals surface area contributed by atoms with Crippen molar-refractivity contribution in [1.29, 1.82) is 0 Å². The number of aliphatic hydroxyl groups is 1. The summed E-state index contributed by atoms with van der Waals surface area (Å²) in [6.07, 6.45) is -4.99. The van der Waals surface area contributed by atoms with Gasteiger partial charge in [0.05, 0.1) is 17.6 Å². The summed E-state index contributed by atoms with van der Waals surface area (Å²) in [5.74, 6) is -3.13. The fraction of sp³-hybridized carbons (Fsp3) is 0.524. The van der Waals surface area contributed by atoms with Crippen LogP contribution in [-0.4, -0.2) is 41.3 Å². The number of alkyl halides is 3. The van der Waals surface area contributed by atoms with Crippen molar-refractivity contribution < 1.29 is 36.8 Å². The Morgan fingerprint density at radius 2 is 1.78 bits per heavy atom. The predicted molar refractivity (Wildman–Crippen MR) is 111 cm³/mol. The minimum absolute atomic E-state index is 0.0222. The Kier molecular flexibility index (Phi) is 5.97. The molecule has 1 aromatic carbocycles. The van der Waals surface area contributed by atoms with Crippen molar-refractivity contribution in [3.05, 3.63) is 41.4 Å². The van der Waals surface area contributed by atoms with E-state index >= 15 is 0 Å². The number of carbonyl (C=O) groups is 1. The number of nitrogens with two attached hydrogens (primary N) is 1. The molecule has 32 heavy (non-hydrogen) atoms. The van der Waals surface area contributed by atoms with Gasteiger partial charge >= 0.3 is 13.3 Å².